The molecule has 0 atom stereocenters. The van der Waals surface area contributed by atoms with Crippen molar-refractivity contribution in [2.24, 2.45) is 5.11 Å². The smallest absolute Gasteiger partial charge is 0.315 e. The van der Waals surface area contributed by atoms with E-state index in [-0.39, 0.29) is 11.6 Å². The molecule has 2 amide bonds. The highest BCUT2D eigenvalue weighted by Crippen LogP contribution is 1.97. The zero-order chi connectivity index (χ0) is 11.7. The number of urea groups is 1. The van der Waals surface area contributed by atoms with E-state index in [1.807, 2.05) is 20.8 Å². The normalized spacial score (nSPS) is 10.3. The van der Waals surface area contributed by atoms with Gasteiger partial charge in [-0.15, -0.1) is 0 Å². The van der Waals surface area contributed by atoms with Crippen LogP contribution in [-0.4, -0.2) is 24.7 Å². The van der Waals surface area contributed by atoms with Gasteiger partial charge < -0.3 is 10.6 Å². The van der Waals surface area contributed by atoms with Crippen LogP contribution in [-0.2, 0) is 0 Å². The van der Waals surface area contributed by atoms with Crippen molar-refractivity contribution in [2.45, 2.75) is 39.2 Å². The third kappa shape index (κ3) is 10.5. The number of nitrogens with zero attached hydrogens (tertiary/aromatic N) is 3. The van der Waals surface area contributed by atoms with Crippen LogP contribution >= 0.6 is 0 Å². The first-order valence-corrected chi connectivity index (χ1v) is 5.02. The number of unbranched alkanes of at least 4 members (excludes halogenated alkanes) is 1. The number of azide groups is 1. The maximum Gasteiger partial charge on any atom is 0.315 e. The maximum absolute atomic E-state index is 11.2. The first-order valence-electron chi connectivity index (χ1n) is 5.02. The van der Waals surface area contributed by atoms with Gasteiger partial charge in [-0.2, -0.15) is 0 Å². The first kappa shape index (κ1) is 13.6. The molecule has 0 saturated carbocycles. The summed E-state index contributed by atoms with van der Waals surface area (Å²) in [6, 6.07) is -0.161. The second kappa shape index (κ2) is 6.95. The van der Waals surface area contributed by atoms with E-state index in [1.165, 1.54) is 0 Å². The Bertz CT molecular complexity index is 239. The second-order valence-corrected chi connectivity index (χ2v) is 4.29. The van der Waals surface area contributed by atoms with E-state index in [9.17, 15) is 4.79 Å². The van der Waals surface area contributed by atoms with Gasteiger partial charge in [0.05, 0.1) is 0 Å². The number of carbonyl (C=O) groups is 1. The number of hydrogen-bond donors (Lipinski definition) is 2. The van der Waals surface area contributed by atoms with Gasteiger partial charge in [0.2, 0.25) is 0 Å². The summed E-state index contributed by atoms with van der Waals surface area (Å²) in [6.07, 6.45) is 1.61. The predicted octanol–water partition coefficient (Wildman–Crippen LogP) is 2.17. The molecule has 0 aromatic heterocycles. The lowest BCUT2D eigenvalue weighted by Crippen LogP contribution is -2.46. The molecule has 0 bridgehead atoms. The third-order valence-electron chi connectivity index (χ3n) is 1.52. The highest BCUT2D eigenvalue weighted by atomic mass is 16.2. The second-order valence-electron chi connectivity index (χ2n) is 4.29. The molecule has 0 rings (SSSR count). The van der Waals surface area contributed by atoms with E-state index in [0.29, 0.717) is 13.1 Å². The summed E-state index contributed by atoms with van der Waals surface area (Å²) in [5.74, 6) is 0. The molecule has 0 aliphatic rings. The summed E-state index contributed by atoms with van der Waals surface area (Å²) in [4.78, 5) is 13.9. The average Bonchev–Trinajstić information content (AvgIpc) is 2.08. The van der Waals surface area contributed by atoms with Crippen LogP contribution in [0.5, 0.6) is 0 Å². The van der Waals surface area contributed by atoms with Crippen molar-refractivity contribution < 1.29 is 4.79 Å². The molecule has 0 heterocycles. The van der Waals surface area contributed by atoms with Crippen molar-refractivity contribution in [2.75, 3.05) is 13.1 Å². The monoisotopic (exact) mass is 213 g/mol. The molecule has 0 unspecified atom stereocenters. The van der Waals surface area contributed by atoms with Crippen LogP contribution in [0.3, 0.4) is 0 Å². The molecule has 0 fully saturated rings. The molecular weight excluding hydrogens is 194 g/mol. The molecule has 86 valence electrons. The van der Waals surface area contributed by atoms with Gasteiger partial charge in [0.15, 0.2) is 0 Å². The summed E-state index contributed by atoms with van der Waals surface area (Å²) < 4.78 is 0. The number of carbonyl (C=O) groups excluding carboxylic acids is 1. The lowest BCUT2D eigenvalue weighted by Gasteiger charge is -2.20. The van der Waals surface area contributed by atoms with Crippen molar-refractivity contribution in [3.63, 3.8) is 0 Å². The molecule has 0 radical (unpaired) electrons. The van der Waals surface area contributed by atoms with Crippen LogP contribution in [0.15, 0.2) is 5.11 Å². The zero-order valence-electron chi connectivity index (χ0n) is 9.58. The highest BCUT2D eigenvalue weighted by Gasteiger charge is 2.12. The number of hydrogen-bond acceptors (Lipinski definition) is 2. The van der Waals surface area contributed by atoms with Gasteiger partial charge in [-0.25, -0.2) is 4.79 Å². The predicted molar refractivity (Wildman–Crippen MR) is 59.5 cm³/mol. The summed E-state index contributed by atoms with van der Waals surface area (Å²) >= 11 is 0. The quantitative estimate of drug-likeness (QED) is 0.311. The minimum Gasteiger partial charge on any atom is -0.338 e. The van der Waals surface area contributed by atoms with Gasteiger partial charge >= 0.3 is 6.03 Å². The number of rotatable bonds is 5. The summed E-state index contributed by atoms with van der Waals surface area (Å²) in [6.45, 7) is 6.86. The Balaban J connectivity index is 3.43. The maximum atomic E-state index is 11.2. The van der Waals surface area contributed by atoms with Crippen LogP contribution in [0.25, 0.3) is 10.4 Å². The Morgan fingerprint density at radius 2 is 2.07 bits per heavy atom. The summed E-state index contributed by atoms with van der Waals surface area (Å²) in [5.41, 5.74) is 7.80. The Hall–Kier alpha value is -1.42. The molecule has 0 spiro atoms. The van der Waals surface area contributed by atoms with Gasteiger partial charge in [0.1, 0.15) is 0 Å². The molecule has 0 aliphatic heterocycles. The van der Waals surface area contributed by atoms with Crippen LogP contribution in [0.4, 0.5) is 4.79 Å². The van der Waals surface area contributed by atoms with Crippen molar-refractivity contribution >= 4 is 6.03 Å². The van der Waals surface area contributed by atoms with Crippen LogP contribution in [0.2, 0.25) is 0 Å². The van der Waals surface area contributed by atoms with Crippen LogP contribution < -0.4 is 10.6 Å². The molecule has 15 heavy (non-hydrogen) atoms. The summed E-state index contributed by atoms with van der Waals surface area (Å²) in [5, 5.41) is 8.92. The summed E-state index contributed by atoms with van der Waals surface area (Å²) in [7, 11) is 0. The van der Waals surface area contributed by atoms with Gasteiger partial charge in [-0.1, -0.05) is 5.11 Å². The zero-order valence-corrected chi connectivity index (χ0v) is 9.58. The minimum atomic E-state index is -0.213. The van der Waals surface area contributed by atoms with Crippen molar-refractivity contribution in [1.29, 1.82) is 0 Å². The van der Waals surface area contributed by atoms with Gasteiger partial charge in [-0.3, -0.25) is 0 Å². The van der Waals surface area contributed by atoms with E-state index in [4.69, 9.17) is 5.53 Å². The molecule has 0 aliphatic carbocycles. The van der Waals surface area contributed by atoms with Crippen LogP contribution in [0.1, 0.15) is 33.6 Å². The minimum absolute atomic E-state index is 0.161. The van der Waals surface area contributed by atoms with E-state index >= 15 is 0 Å². The molecule has 6 heteroatoms. The van der Waals surface area contributed by atoms with Crippen molar-refractivity contribution in [1.82, 2.24) is 10.6 Å². The van der Waals surface area contributed by atoms with Gasteiger partial charge in [0, 0.05) is 23.5 Å². The lowest BCUT2D eigenvalue weighted by molar-refractivity contribution is 0.232. The SMILES string of the molecule is CC(C)(C)NC(=O)NCCCCN=[N+]=[N-]. The fourth-order valence-corrected chi connectivity index (χ4v) is 0.939. The molecular formula is C9H19N5O. The number of amides is 2. The largest absolute Gasteiger partial charge is 0.338 e. The Labute approximate surface area is 90.1 Å². The molecule has 0 saturated heterocycles. The Morgan fingerprint density at radius 1 is 1.40 bits per heavy atom. The molecule has 0 aromatic carbocycles. The molecule has 6 nitrogen and oxygen atoms in total. The van der Waals surface area contributed by atoms with Gasteiger partial charge in [-0.05, 0) is 39.1 Å². The molecule has 0 aromatic rings. The fourth-order valence-electron chi connectivity index (χ4n) is 0.939. The third-order valence-corrected chi connectivity index (χ3v) is 1.52. The standard InChI is InChI=1S/C9H19N5O/c1-9(2,3)13-8(15)11-6-4-5-7-12-14-10/h4-7H2,1-3H3,(H2,11,13,15). The van der Waals surface area contributed by atoms with E-state index in [1.54, 1.807) is 0 Å². The fraction of sp³-hybridized carbons (Fsp3) is 0.889. The first-order chi connectivity index (χ1) is 6.95. The highest BCUT2D eigenvalue weighted by molar-refractivity contribution is 5.74. The van der Waals surface area contributed by atoms with E-state index in [2.05, 4.69) is 20.7 Å². The average molecular weight is 213 g/mol. The number of nitrogens with one attached hydrogen (secondary N) is 2. The van der Waals surface area contributed by atoms with E-state index < -0.39 is 0 Å². The lowest BCUT2D eigenvalue weighted by atomic mass is 10.1. The van der Waals surface area contributed by atoms with Crippen LogP contribution in [0, 0.1) is 0 Å². The molecule has 2 N–H and O–H groups in total. The Morgan fingerprint density at radius 3 is 2.60 bits per heavy atom. The Kier molecular flexibility index (Phi) is 6.29. The van der Waals surface area contributed by atoms with Crippen molar-refractivity contribution in [3.8, 4) is 0 Å². The van der Waals surface area contributed by atoms with E-state index in [0.717, 1.165) is 12.8 Å². The van der Waals surface area contributed by atoms with Gasteiger partial charge in [0.25, 0.3) is 0 Å². The van der Waals surface area contributed by atoms with Crippen molar-refractivity contribution in [3.05, 3.63) is 10.4 Å². The topological polar surface area (TPSA) is 89.9 Å².